The van der Waals surface area contributed by atoms with Crippen LogP contribution in [0.5, 0.6) is 0 Å². The Balaban J connectivity index is 1.63. The van der Waals surface area contributed by atoms with Crippen LogP contribution in [-0.2, 0) is 13.0 Å². The Kier molecular flexibility index (Phi) is 3.64. The van der Waals surface area contributed by atoms with Gasteiger partial charge in [0, 0.05) is 12.5 Å². The number of piperidine rings is 1. The van der Waals surface area contributed by atoms with E-state index in [0.717, 1.165) is 43.1 Å². The molecule has 1 aliphatic heterocycles. The van der Waals surface area contributed by atoms with E-state index < -0.39 is 0 Å². The lowest BCUT2D eigenvalue weighted by molar-refractivity contribution is 0.0933. The Morgan fingerprint density at radius 2 is 2.17 bits per heavy atom. The molecule has 4 heteroatoms. The Labute approximate surface area is 109 Å². The lowest BCUT2D eigenvalue weighted by Crippen LogP contribution is -2.41. The minimum Gasteiger partial charge on any atom is -0.338 e. The predicted molar refractivity (Wildman–Crippen MR) is 69.1 cm³/mol. The molecule has 0 radical (unpaired) electrons. The fourth-order valence-electron chi connectivity index (χ4n) is 3.61. The second-order valence-corrected chi connectivity index (χ2v) is 5.73. The molecule has 2 atom stereocenters. The van der Waals surface area contributed by atoms with Crippen molar-refractivity contribution in [1.82, 2.24) is 15.0 Å². The third-order valence-corrected chi connectivity index (χ3v) is 4.43. The first-order chi connectivity index (χ1) is 8.86. The second kappa shape index (κ2) is 5.39. The van der Waals surface area contributed by atoms with E-state index in [4.69, 9.17) is 4.52 Å². The molecule has 2 fully saturated rings. The Bertz CT molecular complexity index is 390. The topological polar surface area (TPSA) is 42.2 Å². The molecule has 0 unspecified atom stereocenters. The van der Waals surface area contributed by atoms with Crippen LogP contribution in [0.25, 0.3) is 0 Å². The highest BCUT2D eigenvalue weighted by atomic mass is 16.5. The lowest BCUT2D eigenvalue weighted by atomic mass is 9.92. The third-order valence-electron chi connectivity index (χ3n) is 4.43. The van der Waals surface area contributed by atoms with Crippen LogP contribution in [0.1, 0.15) is 57.2 Å². The van der Waals surface area contributed by atoms with Crippen LogP contribution in [0.15, 0.2) is 4.52 Å². The smallest absolute Gasteiger partial charge is 0.240 e. The Morgan fingerprint density at radius 1 is 1.28 bits per heavy atom. The Morgan fingerprint density at radius 3 is 3.06 bits per heavy atom. The molecule has 18 heavy (non-hydrogen) atoms. The van der Waals surface area contributed by atoms with Gasteiger partial charge in [-0.2, -0.15) is 4.98 Å². The van der Waals surface area contributed by atoms with Gasteiger partial charge in [0.05, 0.1) is 6.54 Å². The molecule has 1 aromatic rings. The fourth-order valence-corrected chi connectivity index (χ4v) is 3.61. The molecule has 1 saturated carbocycles. The van der Waals surface area contributed by atoms with Gasteiger partial charge in [-0.15, -0.1) is 0 Å². The summed E-state index contributed by atoms with van der Waals surface area (Å²) < 4.78 is 5.37. The van der Waals surface area contributed by atoms with E-state index in [2.05, 4.69) is 22.0 Å². The fraction of sp³-hybridized carbons (Fsp3) is 0.857. The molecular formula is C14H23N3O. The summed E-state index contributed by atoms with van der Waals surface area (Å²) in [6.45, 7) is 4.20. The number of hydrogen-bond donors (Lipinski definition) is 0. The van der Waals surface area contributed by atoms with Gasteiger partial charge in [-0.25, -0.2) is 0 Å². The highest BCUT2D eigenvalue weighted by Crippen LogP contribution is 2.37. The standard InChI is InChI=1S/C14H23N3O/c1-2-5-13-15-14(18-16-13)10-17-9-4-7-11-6-3-8-12(11)17/h11-12H,2-10H2,1H3/t11-,12+/m0/s1. The van der Waals surface area contributed by atoms with E-state index in [1.165, 1.54) is 38.6 Å². The molecule has 3 rings (SSSR count). The number of aromatic nitrogens is 2. The quantitative estimate of drug-likeness (QED) is 0.823. The second-order valence-electron chi connectivity index (χ2n) is 5.73. The first-order valence-corrected chi connectivity index (χ1v) is 7.42. The highest BCUT2D eigenvalue weighted by molar-refractivity contribution is 4.92. The minimum absolute atomic E-state index is 0.778. The maximum atomic E-state index is 5.37. The predicted octanol–water partition coefficient (Wildman–Crippen LogP) is 2.79. The third kappa shape index (κ3) is 2.44. The molecule has 1 aliphatic carbocycles. The SMILES string of the molecule is CCCc1noc(CN2CCC[C@@H]3CCC[C@H]32)n1. The highest BCUT2D eigenvalue weighted by Gasteiger charge is 2.35. The van der Waals surface area contributed by atoms with Gasteiger partial charge in [-0.1, -0.05) is 18.5 Å². The van der Waals surface area contributed by atoms with Crippen molar-refractivity contribution in [2.75, 3.05) is 6.54 Å². The maximum Gasteiger partial charge on any atom is 0.240 e. The van der Waals surface area contributed by atoms with Crippen LogP contribution in [0.3, 0.4) is 0 Å². The van der Waals surface area contributed by atoms with E-state index >= 15 is 0 Å². The van der Waals surface area contributed by atoms with Crippen LogP contribution in [0.2, 0.25) is 0 Å². The molecule has 1 aromatic heterocycles. The summed E-state index contributed by atoms with van der Waals surface area (Å²) in [5.74, 6) is 2.61. The van der Waals surface area contributed by atoms with Gasteiger partial charge in [0.1, 0.15) is 0 Å². The van der Waals surface area contributed by atoms with Crippen molar-refractivity contribution < 1.29 is 4.52 Å². The summed E-state index contributed by atoms with van der Waals surface area (Å²) in [6.07, 6.45) is 8.94. The molecule has 2 aliphatic rings. The molecule has 0 amide bonds. The largest absolute Gasteiger partial charge is 0.338 e. The molecule has 0 aromatic carbocycles. The minimum atomic E-state index is 0.778. The van der Waals surface area contributed by atoms with Crippen molar-refractivity contribution in [2.24, 2.45) is 5.92 Å². The van der Waals surface area contributed by atoms with Crippen LogP contribution >= 0.6 is 0 Å². The van der Waals surface area contributed by atoms with Gasteiger partial charge in [0.2, 0.25) is 5.89 Å². The van der Waals surface area contributed by atoms with Crippen LogP contribution < -0.4 is 0 Å². The zero-order valence-electron chi connectivity index (χ0n) is 11.3. The molecule has 0 N–H and O–H groups in total. The van der Waals surface area contributed by atoms with Gasteiger partial charge in [-0.05, 0) is 44.6 Å². The van der Waals surface area contributed by atoms with E-state index in [9.17, 15) is 0 Å². The monoisotopic (exact) mass is 249 g/mol. The van der Waals surface area contributed by atoms with E-state index in [-0.39, 0.29) is 0 Å². The van der Waals surface area contributed by atoms with Gasteiger partial charge < -0.3 is 4.52 Å². The average Bonchev–Trinajstić information content (AvgIpc) is 2.99. The van der Waals surface area contributed by atoms with Crippen LogP contribution in [0, 0.1) is 5.92 Å². The van der Waals surface area contributed by atoms with Crippen molar-refractivity contribution in [3.05, 3.63) is 11.7 Å². The summed E-state index contributed by atoms with van der Waals surface area (Å²) in [5, 5.41) is 4.04. The first-order valence-electron chi connectivity index (χ1n) is 7.42. The number of fused-ring (bicyclic) bond motifs is 1. The average molecular weight is 249 g/mol. The van der Waals surface area contributed by atoms with Crippen molar-refractivity contribution in [2.45, 2.75) is 64.5 Å². The first kappa shape index (κ1) is 12.2. The van der Waals surface area contributed by atoms with Gasteiger partial charge in [0.25, 0.3) is 0 Å². The number of aryl methyl sites for hydroxylation is 1. The molecule has 0 spiro atoms. The summed E-state index contributed by atoms with van der Waals surface area (Å²) in [5.41, 5.74) is 0. The summed E-state index contributed by atoms with van der Waals surface area (Å²) in [4.78, 5) is 7.06. The summed E-state index contributed by atoms with van der Waals surface area (Å²) in [7, 11) is 0. The molecule has 0 bridgehead atoms. The zero-order chi connectivity index (χ0) is 12.4. The van der Waals surface area contributed by atoms with E-state index in [1.807, 2.05) is 0 Å². The molecule has 100 valence electrons. The maximum absolute atomic E-state index is 5.37. The van der Waals surface area contributed by atoms with Crippen molar-refractivity contribution in [1.29, 1.82) is 0 Å². The van der Waals surface area contributed by atoms with Crippen LogP contribution in [0.4, 0.5) is 0 Å². The summed E-state index contributed by atoms with van der Waals surface area (Å²) in [6, 6.07) is 0.778. The van der Waals surface area contributed by atoms with Crippen molar-refractivity contribution >= 4 is 0 Å². The van der Waals surface area contributed by atoms with Gasteiger partial charge in [0.15, 0.2) is 5.82 Å². The van der Waals surface area contributed by atoms with Crippen LogP contribution in [-0.4, -0.2) is 27.6 Å². The molecule has 4 nitrogen and oxygen atoms in total. The number of rotatable bonds is 4. The summed E-state index contributed by atoms with van der Waals surface area (Å²) >= 11 is 0. The van der Waals surface area contributed by atoms with Gasteiger partial charge in [-0.3, -0.25) is 4.90 Å². The molecule has 1 saturated heterocycles. The van der Waals surface area contributed by atoms with Crippen molar-refractivity contribution in [3.8, 4) is 0 Å². The lowest BCUT2D eigenvalue weighted by Gasteiger charge is -2.36. The number of nitrogens with zero attached hydrogens (tertiary/aromatic N) is 3. The molecular weight excluding hydrogens is 226 g/mol. The zero-order valence-corrected chi connectivity index (χ0v) is 11.3. The van der Waals surface area contributed by atoms with E-state index in [1.54, 1.807) is 0 Å². The van der Waals surface area contributed by atoms with Crippen molar-refractivity contribution in [3.63, 3.8) is 0 Å². The van der Waals surface area contributed by atoms with E-state index in [0.29, 0.717) is 0 Å². The van der Waals surface area contributed by atoms with Gasteiger partial charge >= 0.3 is 0 Å². The molecule has 2 heterocycles. The normalized spacial score (nSPS) is 28.5. The number of hydrogen-bond acceptors (Lipinski definition) is 4. The Hall–Kier alpha value is -0.900. The number of likely N-dealkylation sites (tertiary alicyclic amines) is 1.